The van der Waals surface area contributed by atoms with Crippen LogP contribution >= 0.6 is 0 Å². The van der Waals surface area contributed by atoms with Crippen LogP contribution in [0.1, 0.15) is 12.8 Å². The summed E-state index contributed by atoms with van der Waals surface area (Å²) in [7, 11) is 2.20. The Kier molecular flexibility index (Phi) is 3.09. The van der Waals surface area contributed by atoms with Crippen molar-refractivity contribution in [3.63, 3.8) is 0 Å². The van der Waals surface area contributed by atoms with E-state index in [1.807, 2.05) is 16.8 Å². The zero-order chi connectivity index (χ0) is 9.80. The third-order valence-electron chi connectivity index (χ3n) is 3.01. The molecule has 0 saturated carbocycles. The molecule has 0 spiro atoms. The summed E-state index contributed by atoms with van der Waals surface area (Å²) in [5.41, 5.74) is 3.41. The van der Waals surface area contributed by atoms with Gasteiger partial charge < -0.3 is 10.3 Å². The van der Waals surface area contributed by atoms with E-state index in [0.717, 1.165) is 12.5 Å². The van der Waals surface area contributed by atoms with Gasteiger partial charge in [0.1, 0.15) is 0 Å². The van der Waals surface area contributed by atoms with E-state index in [-0.39, 0.29) is 0 Å². The Bertz CT molecular complexity index is 248. The van der Waals surface area contributed by atoms with Crippen molar-refractivity contribution in [2.75, 3.05) is 32.1 Å². The van der Waals surface area contributed by atoms with Crippen molar-refractivity contribution < 1.29 is 0 Å². The summed E-state index contributed by atoms with van der Waals surface area (Å²) in [6, 6.07) is 4.09. The van der Waals surface area contributed by atoms with Crippen molar-refractivity contribution in [1.29, 1.82) is 0 Å². The Morgan fingerprint density at radius 2 is 1.86 bits per heavy atom. The van der Waals surface area contributed by atoms with Gasteiger partial charge in [-0.15, -0.1) is 0 Å². The minimum atomic E-state index is 0.841. The van der Waals surface area contributed by atoms with Crippen molar-refractivity contribution in [2.24, 2.45) is 5.92 Å². The van der Waals surface area contributed by atoms with Gasteiger partial charge in [-0.05, 0) is 51.0 Å². The molecule has 1 saturated heterocycles. The van der Waals surface area contributed by atoms with Crippen LogP contribution in [0, 0.1) is 5.92 Å². The highest BCUT2D eigenvalue weighted by molar-refractivity contribution is 4.93. The number of nitrogens with zero attached hydrogens (tertiary/aromatic N) is 2. The van der Waals surface area contributed by atoms with Crippen LogP contribution < -0.4 is 5.43 Å². The first-order chi connectivity index (χ1) is 6.84. The van der Waals surface area contributed by atoms with Crippen molar-refractivity contribution >= 4 is 0 Å². The molecular weight excluding hydrogens is 174 g/mol. The highest BCUT2D eigenvalue weighted by Crippen LogP contribution is 2.14. The number of piperidine rings is 1. The molecule has 78 valence electrons. The standard InChI is InChI=1S/C11H19N3/c1-13-8-4-11(5-9-13)10-12-14-6-2-3-7-14/h2-3,6-7,11-12H,4-5,8-10H2,1H3. The normalized spacial score (nSPS) is 19.8. The van der Waals surface area contributed by atoms with Gasteiger partial charge in [0, 0.05) is 18.9 Å². The van der Waals surface area contributed by atoms with Gasteiger partial charge >= 0.3 is 0 Å². The largest absolute Gasteiger partial charge is 0.326 e. The summed E-state index contributed by atoms with van der Waals surface area (Å²) in [6.07, 6.45) is 6.75. The third kappa shape index (κ3) is 2.51. The summed E-state index contributed by atoms with van der Waals surface area (Å²) in [4.78, 5) is 2.41. The van der Waals surface area contributed by atoms with E-state index in [9.17, 15) is 0 Å². The number of likely N-dealkylation sites (tertiary alicyclic amines) is 1. The van der Waals surface area contributed by atoms with E-state index in [0.29, 0.717) is 0 Å². The maximum absolute atomic E-state index is 3.41. The first kappa shape index (κ1) is 9.59. The highest BCUT2D eigenvalue weighted by atomic mass is 15.4. The minimum absolute atomic E-state index is 0.841. The molecule has 0 aliphatic carbocycles. The Morgan fingerprint density at radius 3 is 2.50 bits per heavy atom. The molecule has 2 heterocycles. The highest BCUT2D eigenvalue weighted by Gasteiger charge is 2.15. The van der Waals surface area contributed by atoms with Crippen LogP contribution in [0.4, 0.5) is 0 Å². The number of rotatable bonds is 3. The molecule has 0 bridgehead atoms. The Balaban J connectivity index is 1.71. The Hall–Kier alpha value is -0.960. The maximum atomic E-state index is 3.41. The topological polar surface area (TPSA) is 20.2 Å². The predicted molar refractivity (Wildman–Crippen MR) is 58.9 cm³/mol. The zero-order valence-electron chi connectivity index (χ0n) is 8.82. The summed E-state index contributed by atoms with van der Waals surface area (Å²) in [5.74, 6) is 0.841. The van der Waals surface area contributed by atoms with E-state index in [4.69, 9.17) is 0 Å². The van der Waals surface area contributed by atoms with Crippen LogP contribution in [-0.2, 0) is 0 Å². The van der Waals surface area contributed by atoms with Gasteiger partial charge in [0.05, 0.1) is 0 Å². The second kappa shape index (κ2) is 4.51. The van der Waals surface area contributed by atoms with Crippen LogP contribution in [0.5, 0.6) is 0 Å². The van der Waals surface area contributed by atoms with E-state index in [1.54, 1.807) is 0 Å². The fourth-order valence-corrected chi connectivity index (χ4v) is 1.94. The predicted octanol–water partition coefficient (Wildman–Crippen LogP) is 1.37. The molecule has 1 fully saturated rings. The van der Waals surface area contributed by atoms with E-state index < -0.39 is 0 Å². The molecule has 1 N–H and O–H groups in total. The summed E-state index contributed by atoms with van der Waals surface area (Å²) in [5, 5.41) is 0. The molecule has 1 aliphatic rings. The fourth-order valence-electron chi connectivity index (χ4n) is 1.94. The zero-order valence-corrected chi connectivity index (χ0v) is 8.82. The SMILES string of the molecule is CN1CCC(CNn2cccc2)CC1. The number of aromatic nitrogens is 1. The third-order valence-corrected chi connectivity index (χ3v) is 3.01. The van der Waals surface area contributed by atoms with Crippen LogP contribution in [-0.4, -0.2) is 36.3 Å². The average molecular weight is 193 g/mol. The molecule has 14 heavy (non-hydrogen) atoms. The second-order valence-corrected chi connectivity index (χ2v) is 4.20. The molecule has 1 aromatic heterocycles. The molecular formula is C11H19N3. The Morgan fingerprint density at radius 1 is 1.21 bits per heavy atom. The van der Waals surface area contributed by atoms with Crippen molar-refractivity contribution in [3.05, 3.63) is 24.5 Å². The van der Waals surface area contributed by atoms with Gasteiger partial charge in [-0.2, -0.15) is 0 Å². The van der Waals surface area contributed by atoms with Crippen molar-refractivity contribution in [1.82, 2.24) is 9.58 Å². The fraction of sp³-hybridized carbons (Fsp3) is 0.636. The molecule has 0 aromatic carbocycles. The molecule has 0 unspecified atom stereocenters. The lowest BCUT2D eigenvalue weighted by Crippen LogP contribution is -2.34. The molecule has 3 heteroatoms. The molecule has 2 rings (SSSR count). The molecule has 0 atom stereocenters. The summed E-state index contributed by atoms with van der Waals surface area (Å²) >= 11 is 0. The summed E-state index contributed by atoms with van der Waals surface area (Å²) < 4.78 is 2.04. The summed E-state index contributed by atoms with van der Waals surface area (Å²) in [6.45, 7) is 3.60. The second-order valence-electron chi connectivity index (χ2n) is 4.20. The maximum Gasteiger partial charge on any atom is 0.0342 e. The average Bonchev–Trinajstić information content (AvgIpc) is 2.70. The van der Waals surface area contributed by atoms with Crippen LogP contribution in [0.2, 0.25) is 0 Å². The smallest absolute Gasteiger partial charge is 0.0342 e. The first-order valence-corrected chi connectivity index (χ1v) is 5.40. The molecule has 1 aliphatic heterocycles. The van der Waals surface area contributed by atoms with Gasteiger partial charge in [0.2, 0.25) is 0 Å². The monoisotopic (exact) mass is 193 g/mol. The van der Waals surface area contributed by atoms with Gasteiger partial charge in [-0.25, -0.2) is 0 Å². The molecule has 1 aromatic rings. The van der Waals surface area contributed by atoms with Crippen LogP contribution in [0.15, 0.2) is 24.5 Å². The van der Waals surface area contributed by atoms with E-state index in [1.165, 1.54) is 25.9 Å². The molecule has 3 nitrogen and oxygen atoms in total. The lowest BCUT2D eigenvalue weighted by molar-refractivity contribution is 0.224. The lowest BCUT2D eigenvalue weighted by Gasteiger charge is -2.29. The number of hydrogen-bond donors (Lipinski definition) is 1. The van der Waals surface area contributed by atoms with Crippen LogP contribution in [0.25, 0.3) is 0 Å². The minimum Gasteiger partial charge on any atom is -0.326 e. The number of nitrogens with one attached hydrogen (secondary N) is 1. The number of hydrogen-bond acceptors (Lipinski definition) is 2. The lowest BCUT2D eigenvalue weighted by atomic mass is 9.97. The van der Waals surface area contributed by atoms with Gasteiger partial charge in [-0.3, -0.25) is 4.68 Å². The van der Waals surface area contributed by atoms with E-state index in [2.05, 4.69) is 29.8 Å². The van der Waals surface area contributed by atoms with Gasteiger partial charge in [0.15, 0.2) is 0 Å². The molecule has 0 amide bonds. The van der Waals surface area contributed by atoms with E-state index >= 15 is 0 Å². The van der Waals surface area contributed by atoms with Gasteiger partial charge in [-0.1, -0.05) is 0 Å². The molecule has 0 radical (unpaired) electrons. The van der Waals surface area contributed by atoms with Crippen LogP contribution in [0.3, 0.4) is 0 Å². The Labute approximate surface area is 85.7 Å². The van der Waals surface area contributed by atoms with Gasteiger partial charge in [0.25, 0.3) is 0 Å². The first-order valence-electron chi connectivity index (χ1n) is 5.40. The quantitative estimate of drug-likeness (QED) is 0.782. The van der Waals surface area contributed by atoms with Crippen molar-refractivity contribution in [3.8, 4) is 0 Å². The van der Waals surface area contributed by atoms with Crippen molar-refractivity contribution in [2.45, 2.75) is 12.8 Å².